The highest BCUT2D eigenvalue weighted by Gasteiger charge is 2.31. The smallest absolute Gasteiger partial charge is 0.346 e. The lowest BCUT2D eigenvalue weighted by molar-refractivity contribution is -0.137. The van der Waals surface area contributed by atoms with Gasteiger partial charge in [-0.3, -0.25) is 4.79 Å². The lowest BCUT2D eigenvalue weighted by Crippen LogP contribution is -2.13. The standard InChI is InChI=1S/C28H25F3N6O/c1-36(2)9-4-5-25(38)35-20-12-17(11-19(14-20)28(29,30)31)18-13-23-24(16-34-26(23)33-15-18)21-6-8-32-27-22(21)7-10-37(27)3/h4-8,10-16H,9H2,1-3H3,(H,33,34)(H,35,38)/b5-4+. The molecule has 7 nitrogen and oxygen atoms in total. The summed E-state index contributed by atoms with van der Waals surface area (Å²) in [5.41, 5.74) is 3.17. The number of halogens is 3. The number of benzene rings is 1. The number of hydrogen-bond acceptors (Lipinski definition) is 4. The number of aryl methyl sites for hydroxylation is 1. The van der Waals surface area contributed by atoms with Crippen LogP contribution in [0.5, 0.6) is 0 Å². The van der Waals surface area contributed by atoms with Gasteiger partial charge in [-0.25, -0.2) is 9.97 Å². The minimum atomic E-state index is -4.59. The molecule has 4 heterocycles. The SMILES string of the molecule is CN(C)C/C=C/C(=O)Nc1cc(-c2cnc3[nH]cc(-c4ccnc5c4ccn5C)c3c2)cc(C(F)(F)F)c1. The molecule has 0 saturated carbocycles. The van der Waals surface area contributed by atoms with E-state index in [2.05, 4.69) is 20.3 Å². The number of rotatable bonds is 6. The van der Waals surface area contributed by atoms with Gasteiger partial charge in [0, 0.05) is 72.0 Å². The number of fused-ring (bicyclic) bond motifs is 2. The highest BCUT2D eigenvalue weighted by molar-refractivity contribution is 6.04. The van der Waals surface area contributed by atoms with Crippen LogP contribution in [0.3, 0.4) is 0 Å². The van der Waals surface area contributed by atoms with Gasteiger partial charge < -0.3 is 19.8 Å². The number of pyridine rings is 2. The van der Waals surface area contributed by atoms with Crippen molar-refractivity contribution < 1.29 is 18.0 Å². The maximum atomic E-state index is 13.8. The van der Waals surface area contributed by atoms with Crippen molar-refractivity contribution in [2.24, 2.45) is 7.05 Å². The van der Waals surface area contributed by atoms with Gasteiger partial charge in [0.25, 0.3) is 0 Å². The van der Waals surface area contributed by atoms with Crippen LogP contribution in [0.1, 0.15) is 5.56 Å². The van der Waals surface area contributed by atoms with Gasteiger partial charge in [-0.1, -0.05) is 6.08 Å². The van der Waals surface area contributed by atoms with E-state index in [1.807, 2.05) is 55.1 Å². The summed E-state index contributed by atoms with van der Waals surface area (Å²) in [5.74, 6) is -0.511. The van der Waals surface area contributed by atoms with E-state index in [1.54, 1.807) is 18.3 Å². The molecule has 4 aromatic heterocycles. The molecule has 194 valence electrons. The van der Waals surface area contributed by atoms with Crippen molar-refractivity contribution in [3.8, 4) is 22.3 Å². The number of carbonyl (C=O) groups is 1. The number of nitrogens with zero attached hydrogens (tertiary/aromatic N) is 4. The Morgan fingerprint density at radius 2 is 1.89 bits per heavy atom. The molecule has 5 rings (SSSR count). The Morgan fingerprint density at radius 3 is 2.66 bits per heavy atom. The van der Waals surface area contributed by atoms with Crippen LogP contribution in [0.4, 0.5) is 18.9 Å². The van der Waals surface area contributed by atoms with E-state index in [0.717, 1.165) is 39.7 Å². The second-order valence-corrected chi connectivity index (χ2v) is 9.30. The first kappa shape index (κ1) is 25.2. The van der Waals surface area contributed by atoms with Crippen molar-refractivity contribution in [1.29, 1.82) is 0 Å². The molecule has 0 aliphatic heterocycles. The van der Waals surface area contributed by atoms with Crippen molar-refractivity contribution in [2.45, 2.75) is 6.18 Å². The van der Waals surface area contributed by atoms with Gasteiger partial charge in [0.15, 0.2) is 0 Å². The first-order valence-electron chi connectivity index (χ1n) is 11.8. The Kier molecular flexibility index (Phi) is 6.50. The van der Waals surface area contributed by atoms with E-state index >= 15 is 0 Å². The molecular formula is C28H25F3N6O. The molecule has 0 atom stereocenters. The quantitative estimate of drug-likeness (QED) is 0.276. The van der Waals surface area contributed by atoms with Crippen molar-refractivity contribution in [3.05, 3.63) is 78.9 Å². The summed E-state index contributed by atoms with van der Waals surface area (Å²) in [6, 6.07) is 9.19. The van der Waals surface area contributed by atoms with Gasteiger partial charge in [-0.05, 0) is 61.6 Å². The molecular weight excluding hydrogens is 493 g/mol. The average molecular weight is 519 g/mol. The summed E-state index contributed by atoms with van der Waals surface area (Å²) in [7, 11) is 5.61. The van der Waals surface area contributed by atoms with Gasteiger partial charge in [0.2, 0.25) is 5.91 Å². The molecule has 0 aliphatic rings. The van der Waals surface area contributed by atoms with Crippen molar-refractivity contribution in [3.63, 3.8) is 0 Å². The van der Waals surface area contributed by atoms with E-state index in [1.165, 1.54) is 18.3 Å². The normalized spacial score (nSPS) is 12.3. The number of H-pyrrole nitrogens is 1. The molecule has 0 radical (unpaired) electrons. The molecule has 0 bridgehead atoms. The molecule has 1 amide bonds. The van der Waals surface area contributed by atoms with Crippen LogP contribution in [-0.4, -0.2) is 51.0 Å². The number of carbonyl (C=O) groups excluding carboxylic acids is 1. The van der Waals surface area contributed by atoms with Gasteiger partial charge in [0.05, 0.1) is 5.56 Å². The van der Waals surface area contributed by atoms with Gasteiger partial charge in [-0.15, -0.1) is 0 Å². The van der Waals surface area contributed by atoms with E-state index in [0.29, 0.717) is 17.8 Å². The minimum absolute atomic E-state index is 0.0452. The summed E-state index contributed by atoms with van der Waals surface area (Å²) in [4.78, 5) is 26.2. The summed E-state index contributed by atoms with van der Waals surface area (Å²) in [5, 5.41) is 4.26. The molecule has 0 fully saturated rings. The Bertz CT molecular complexity index is 1680. The number of likely N-dealkylation sites (N-methyl/N-ethyl adjacent to an activating group) is 1. The van der Waals surface area contributed by atoms with E-state index in [-0.39, 0.29) is 11.3 Å². The number of nitrogens with one attached hydrogen (secondary N) is 2. The first-order valence-corrected chi connectivity index (χ1v) is 11.8. The van der Waals surface area contributed by atoms with Crippen LogP contribution in [0.25, 0.3) is 44.3 Å². The van der Waals surface area contributed by atoms with Crippen LogP contribution >= 0.6 is 0 Å². The number of aromatic nitrogens is 4. The molecule has 38 heavy (non-hydrogen) atoms. The second kappa shape index (κ2) is 9.79. The van der Waals surface area contributed by atoms with Gasteiger partial charge >= 0.3 is 6.18 Å². The van der Waals surface area contributed by atoms with Crippen molar-refractivity contribution >= 4 is 33.7 Å². The Morgan fingerprint density at radius 1 is 1.08 bits per heavy atom. The highest BCUT2D eigenvalue weighted by Crippen LogP contribution is 2.38. The van der Waals surface area contributed by atoms with Crippen molar-refractivity contribution in [1.82, 2.24) is 24.4 Å². The lowest BCUT2D eigenvalue weighted by atomic mass is 9.99. The largest absolute Gasteiger partial charge is 0.416 e. The third-order valence-electron chi connectivity index (χ3n) is 6.19. The highest BCUT2D eigenvalue weighted by atomic mass is 19.4. The van der Waals surface area contributed by atoms with E-state index in [4.69, 9.17) is 0 Å². The topological polar surface area (TPSA) is 78.8 Å². The van der Waals surface area contributed by atoms with E-state index in [9.17, 15) is 18.0 Å². The maximum absolute atomic E-state index is 13.8. The number of hydrogen-bond donors (Lipinski definition) is 2. The lowest BCUT2D eigenvalue weighted by Gasteiger charge is -2.13. The fourth-order valence-electron chi connectivity index (χ4n) is 4.37. The Labute approximate surface area is 216 Å². The number of amides is 1. The zero-order chi connectivity index (χ0) is 27.0. The molecule has 0 aliphatic carbocycles. The second-order valence-electron chi connectivity index (χ2n) is 9.30. The van der Waals surface area contributed by atoms with Crippen LogP contribution in [0.2, 0.25) is 0 Å². The Balaban J connectivity index is 1.57. The summed E-state index contributed by atoms with van der Waals surface area (Å²) in [6.45, 7) is 0.526. The molecule has 5 aromatic rings. The summed E-state index contributed by atoms with van der Waals surface area (Å²) < 4.78 is 43.2. The van der Waals surface area contributed by atoms with E-state index < -0.39 is 17.6 Å². The maximum Gasteiger partial charge on any atom is 0.416 e. The van der Waals surface area contributed by atoms with Crippen LogP contribution < -0.4 is 5.32 Å². The first-order chi connectivity index (χ1) is 18.1. The summed E-state index contributed by atoms with van der Waals surface area (Å²) in [6.07, 6.45) is 5.35. The zero-order valence-corrected chi connectivity index (χ0v) is 21.0. The number of anilines is 1. The molecule has 1 aromatic carbocycles. The fourth-order valence-corrected chi connectivity index (χ4v) is 4.37. The van der Waals surface area contributed by atoms with Crippen LogP contribution in [0, 0.1) is 0 Å². The average Bonchev–Trinajstić information content (AvgIpc) is 3.46. The minimum Gasteiger partial charge on any atom is -0.346 e. The van der Waals surface area contributed by atoms with Crippen LogP contribution in [-0.2, 0) is 18.0 Å². The zero-order valence-electron chi connectivity index (χ0n) is 21.0. The fraction of sp³-hybridized carbons (Fsp3) is 0.179. The predicted octanol–water partition coefficient (Wildman–Crippen LogP) is 5.86. The molecule has 0 spiro atoms. The molecule has 10 heteroatoms. The third kappa shape index (κ3) is 5.03. The third-order valence-corrected chi connectivity index (χ3v) is 6.19. The summed E-state index contributed by atoms with van der Waals surface area (Å²) >= 11 is 0. The monoisotopic (exact) mass is 518 g/mol. The van der Waals surface area contributed by atoms with Gasteiger partial charge in [-0.2, -0.15) is 13.2 Å². The Hall–Kier alpha value is -4.44. The number of alkyl halides is 3. The predicted molar refractivity (Wildman–Crippen MR) is 143 cm³/mol. The van der Waals surface area contributed by atoms with Crippen molar-refractivity contribution in [2.75, 3.05) is 26.0 Å². The number of aromatic amines is 1. The molecule has 0 saturated heterocycles. The molecule has 0 unspecified atom stereocenters. The van der Waals surface area contributed by atoms with Crippen LogP contribution in [0.15, 0.2) is 73.3 Å². The van der Waals surface area contributed by atoms with Gasteiger partial charge in [0.1, 0.15) is 11.3 Å². The molecule has 2 N–H and O–H groups in total.